The lowest BCUT2D eigenvalue weighted by atomic mass is 9.69. The Morgan fingerprint density at radius 1 is 0.271 bits per heavy atom. The first-order chi connectivity index (χ1) is 29.2. The molecule has 0 aliphatic heterocycles. The van der Waals surface area contributed by atoms with Gasteiger partial charge in [-0.3, -0.25) is 9.97 Å². The molecule has 272 valence electrons. The van der Waals surface area contributed by atoms with Gasteiger partial charge >= 0.3 is 0 Å². The zero-order valence-corrected chi connectivity index (χ0v) is 32.0. The summed E-state index contributed by atoms with van der Waals surface area (Å²) in [4.78, 5) is 10.1. The van der Waals surface area contributed by atoms with Crippen molar-refractivity contribution >= 4 is 43.1 Å². The summed E-state index contributed by atoms with van der Waals surface area (Å²) >= 11 is 0. The average Bonchev–Trinajstić information content (AvgIpc) is 3.78. The monoisotopic (exact) mass is 746 g/mol. The van der Waals surface area contributed by atoms with Crippen molar-refractivity contribution in [2.75, 3.05) is 0 Å². The van der Waals surface area contributed by atoms with E-state index >= 15 is 0 Å². The Labute approximate surface area is 341 Å². The molecule has 0 bridgehead atoms. The second-order valence-electron chi connectivity index (χ2n) is 16.1. The molecule has 11 aromatic rings. The number of pyridine rings is 2. The zero-order chi connectivity index (χ0) is 38.7. The molecule has 2 aromatic heterocycles. The van der Waals surface area contributed by atoms with E-state index in [0.29, 0.717) is 0 Å². The van der Waals surface area contributed by atoms with Gasteiger partial charge in [0.1, 0.15) is 0 Å². The summed E-state index contributed by atoms with van der Waals surface area (Å²) in [5.74, 6) is 0. The van der Waals surface area contributed by atoms with E-state index < -0.39 is 5.41 Å². The predicted molar refractivity (Wildman–Crippen MR) is 245 cm³/mol. The van der Waals surface area contributed by atoms with E-state index in [1.54, 1.807) is 0 Å². The predicted octanol–water partition coefficient (Wildman–Crippen LogP) is 14.4. The molecule has 0 fully saturated rings. The summed E-state index contributed by atoms with van der Waals surface area (Å²) in [5, 5.41) is 10.1. The van der Waals surface area contributed by atoms with Crippen LogP contribution in [0.25, 0.3) is 99.0 Å². The molecule has 0 atom stereocenters. The number of hydrogen-bond donors (Lipinski definition) is 0. The number of aromatic nitrogens is 2. The maximum atomic E-state index is 5.05. The molecule has 0 N–H and O–H groups in total. The van der Waals surface area contributed by atoms with E-state index in [1.165, 1.54) is 87.6 Å². The third-order valence-corrected chi connectivity index (χ3v) is 13.1. The van der Waals surface area contributed by atoms with Crippen molar-refractivity contribution in [2.45, 2.75) is 5.41 Å². The minimum absolute atomic E-state index is 0.490. The summed E-state index contributed by atoms with van der Waals surface area (Å²) in [6.07, 6.45) is 4.10. The summed E-state index contributed by atoms with van der Waals surface area (Å²) in [5.41, 5.74) is 16.2. The van der Waals surface area contributed by atoms with Gasteiger partial charge in [0.05, 0.1) is 16.8 Å². The highest BCUT2D eigenvalue weighted by Gasteiger charge is 2.51. The molecule has 2 heterocycles. The van der Waals surface area contributed by atoms with Crippen LogP contribution in [0.2, 0.25) is 0 Å². The van der Waals surface area contributed by atoms with Gasteiger partial charge in [-0.25, -0.2) is 0 Å². The van der Waals surface area contributed by atoms with Crippen molar-refractivity contribution in [1.82, 2.24) is 9.97 Å². The second kappa shape index (κ2) is 12.2. The second-order valence-corrected chi connectivity index (χ2v) is 16.1. The van der Waals surface area contributed by atoms with Crippen molar-refractivity contribution < 1.29 is 0 Å². The molecule has 2 aliphatic carbocycles. The lowest BCUT2D eigenvalue weighted by Gasteiger charge is -2.31. The lowest BCUT2D eigenvalue weighted by molar-refractivity contribution is 0.797. The maximum absolute atomic E-state index is 5.05. The first kappa shape index (κ1) is 32.4. The average molecular weight is 747 g/mol. The molecule has 2 nitrogen and oxygen atoms in total. The molecule has 2 heteroatoms. The molecule has 0 saturated carbocycles. The zero-order valence-electron chi connectivity index (χ0n) is 32.0. The van der Waals surface area contributed by atoms with Crippen LogP contribution in [-0.4, -0.2) is 9.97 Å². The molecule has 0 unspecified atom stereocenters. The van der Waals surface area contributed by atoms with Crippen LogP contribution >= 0.6 is 0 Å². The molecule has 59 heavy (non-hydrogen) atoms. The van der Waals surface area contributed by atoms with Crippen molar-refractivity contribution in [2.24, 2.45) is 0 Å². The Balaban J connectivity index is 0.987. The molecular formula is C57H34N2. The van der Waals surface area contributed by atoms with Gasteiger partial charge in [-0.05, 0) is 136 Å². The van der Waals surface area contributed by atoms with Crippen LogP contribution in [0, 0.1) is 0 Å². The molecule has 9 aromatic carbocycles. The van der Waals surface area contributed by atoms with E-state index in [1.807, 2.05) is 0 Å². The summed E-state index contributed by atoms with van der Waals surface area (Å²) in [6, 6.07) is 71.4. The fourth-order valence-electron chi connectivity index (χ4n) is 10.4. The Hall–Kier alpha value is -7.68. The topological polar surface area (TPSA) is 25.8 Å². The number of rotatable bonds is 4. The molecule has 0 amide bonds. The largest absolute Gasteiger partial charge is 0.256 e. The first-order valence-electron chi connectivity index (χ1n) is 20.4. The summed E-state index contributed by atoms with van der Waals surface area (Å²) < 4.78 is 0. The Bertz CT molecular complexity index is 3310. The Morgan fingerprint density at radius 2 is 0.661 bits per heavy atom. The smallest absolute Gasteiger partial charge is 0.0726 e. The number of benzene rings is 9. The van der Waals surface area contributed by atoms with Gasteiger partial charge in [0, 0.05) is 34.6 Å². The van der Waals surface area contributed by atoms with Gasteiger partial charge in [-0.15, -0.1) is 0 Å². The highest BCUT2D eigenvalue weighted by atomic mass is 14.7. The fourth-order valence-corrected chi connectivity index (χ4v) is 10.4. The fraction of sp³-hybridized carbons (Fsp3) is 0.0175. The van der Waals surface area contributed by atoms with Crippen LogP contribution in [0.1, 0.15) is 22.3 Å². The Morgan fingerprint density at radius 3 is 1.12 bits per heavy atom. The van der Waals surface area contributed by atoms with Crippen molar-refractivity contribution in [3.63, 3.8) is 0 Å². The molecule has 13 rings (SSSR count). The Kier molecular flexibility index (Phi) is 6.68. The van der Waals surface area contributed by atoms with E-state index in [-0.39, 0.29) is 0 Å². The summed E-state index contributed by atoms with van der Waals surface area (Å²) in [7, 11) is 0. The minimum atomic E-state index is -0.490. The summed E-state index contributed by atoms with van der Waals surface area (Å²) in [6.45, 7) is 0. The molecule has 2 aliphatic rings. The van der Waals surface area contributed by atoms with Crippen LogP contribution in [0.15, 0.2) is 207 Å². The third-order valence-electron chi connectivity index (χ3n) is 13.1. The first-order valence-corrected chi connectivity index (χ1v) is 20.4. The van der Waals surface area contributed by atoms with E-state index in [2.05, 4.69) is 207 Å². The van der Waals surface area contributed by atoms with Crippen LogP contribution < -0.4 is 0 Å². The van der Waals surface area contributed by atoms with Gasteiger partial charge in [0.2, 0.25) is 0 Å². The van der Waals surface area contributed by atoms with Crippen LogP contribution in [0.4, 0.5) is 0 Å². The molecular weight excluding hydrogens is 713 g/mol. The number of fused-ring (bicyclic) bond motifs is 9. The van der Waals surface area contributed by atoms with Crippen LogP contribution in [0.5, 0.6) is 0 Å². The molecule has 0 radical (unpaired) electrons. The minimum Gasteiger partial charge on any atom is -0.256 e. The quantitative estimate of drug-likeness (QED) is 0.168. The van der Waals surface area contributed by atoms with Crippen molar-refractivity contribution in [1.29, 1.82) is 0 Å². The number of hydrogen-bond acceptors (Lipinski definition) is 2. The third kappa shape index (κ3) is 4.63. The van der Waals surface area contributed by atoms with Gasteiger partial charge in [-0.1, -0.05) is 146 Å². The van der Waals surface area contributed by atoms with Gasteiger partial charge in [0.15, 0.2) is 0 Å². The number of nitrogens with zero attached hydrogens (tertiary/aromatic N) is 2. The van der Waals surface area contributed by atoms with Crippen molar-refractivity contribution in [3.05, 3.63) is 229 Å². The van der Waals surface area contributed by atoms with E-state index in [4.69, 9.17) is 9.97 Å². The highest BCUT2D eigenvalue weighted by Crippen LogP contribution is 2.63. The van der Waals surface area contributed by atoms with E-state index in [9.17, 15) is 0 Å². The van der Waals surface area contributed by atoms with Gasteiger partial charge < -0.3 is 0 Å². The van der Waals surface area contributed by atoms with Gasteiger partial charge in [-0.2, -0.15) is 0 Å². The SMILES string of the molecule is c1ccc2c(c1)-c1ccccc1C21c2cc(-c3ccc(-c4ccc5ccccc5c4)nc3)cc3ccc4cc(-c5ccc(-c6ccc7ccccc7c6)nc5)cc1c4c23. The van der Waals surface area contributed by atoms with Crippen LogP contribution in [0.3, 0.4) is 0 Å². The highest BCUT2D eigenvalue weighted by molar-refractivity contribution is 6.19. The maximum Gasteiger partial charge on any atom is 0.0726 e. The van der Waals surface area contributed by atoms with Crippen LogP contribution in [-0.2, 0) is 5.41 Å². The standard InChI is InChI=1S/C57H34N2/c1-3-11-37-27-39(19-17-35(37)9-1)53-25-23-43(33-58-53)45-29-41-21-22-42-30-46(44-24-26-54(59-34-44)40-20-18-36-10-2-4-12-38(36)28-40)32-52-56(42)55(41)51(31-45)57(52)49-15-7-5-13-47(49)48-14-6-8-16-50(48)57/h1-34H. The molecule has 1 spiro atoms. The van der Waals surface area contributed by atoms with E-state index in [0.717, 1.165) is 33.6 Å². The lowest BCUT2D eigenvalue weighted by Crippen LogP contribution is -2.26. The normalized spacial score (nSPS) is 13.2. The molecule has 0 saturated heterocycles. The van der Waals surface area contributed by atoms with Gasteiger partial charge in [0.25, 0.3) is 0 Å². The van der Waals surface area contributed by atoms with Crippen molar-refractivity contribution in [3.8, 4) is 55.9 Å².